The molecule has 0 spiro atoms. The summed E-state index contributed by atoms with van der Waals surface area (Å²) in [7, 11) is 0. The Balaban J connectivity index is 1.97. The Hall–Kier alpha value is 0.690. The van der Waals surface area contributed by atoms with Crippen LogP contribution in [0.2, 0.25) is 0 Å². The Kier molecular flexibility index (Phi) is 4.33. The SMILES string of the molecule is C[CH]OI. The van der Waals surface area contributed by atoms with Crippen molar-refractivity contribution in [1.29, 1.82) is 0 Å². The van der Waals surface area contributed by atoms with Crippen molar-refractivity contribution < 1.29 is 3.07 Å². The fourth-order valence-electron chi connectivity index (χ4n) is 0. The van der Waals surface area contributed by atoms with Crippen LogP contribution in [0.5, 0.6) is 0 Å². The molecule has 0 rings (SSSR count). The van der Waals surface area contributed by atoms with E-state index < -0.39 is 0 Å². The molecule has 0 unspecified atom stereocenters. The number of halogens is 1. The van der Waals surface area contributed by atoms with Gasteiger partial charge in [-0.25, -0.2) is 0 Å². The smallest absolute Gasteiger partial charge is 0.110 e. The number of hydrogen-bond acceptors (Lipinski definition) is 1. The van der Waals surface area contributed by atoms with Gasteiger partial charge < -0.3 is 3.07 Å². The van der Waals surface area contributed by atoms with Gasteiger partial charge in [0, 0.05) is 0 Å². The lowest BCUT2D eigenvalue weighted by atomic mass is 10.9. The first kappa shape index (κ1) is 4.69. The van der Waals surface area contributed by atoms with Crippen LogP contribution in [0, 0.1) is 6.61 Å². The summed E-state index contributed by atoms with van der Waals surface area (Å²) in [5.74, 6) is 0. The van der Waals surface area contributed by atoms with E-state index in [9.17, 15) is 0 Å². The monoisotopic (exact) mass is 171 g/mol. The molecule has 25 valence electrons. The highest BCUT2D eigenvalue weighted by Gasteiger charge is 1.56. The molecule has 0 saturated heterocycles. The van der Waals surface area contributed by atoms with Crippen LogP contribution in [0.25, 0.3) is 0 Å². The highest BCUT2D eigenvalue weighted by Crippen LogP contribution is 1.84. The number of rotatable bonds is 1. The minimum absolute atomic E-state index is 1.61. The quantitative estimate of drug-likeness (QED) is 0.543. The minimum atomic E-state index is 1.61. The van der Waals surface area contributed by atoms with Gasteiger partial charge in [0.05, 0.1) is 6.61 Å². The van der Waals surface area contributed by atoms with Crippen molar-refractivity contribution >= 4 is 23.0 Å². The van der Waals surface area contributed by atoms with Gasteiger partial charge in [-0.2, -0.15) is 0 Å². The van der Waals surface area contributed by atoms with Crippen molar-refractivity contribution in [3.8, 4) is 0 Å². The van der Waals surface area contributed by atoms with E-state index in [0.29, 0.717) is 0 Å². The topological polar surface area (TPSA) is 9.23 Å². The molecular weight excluding hydrogens is 167 g/mol. The molecule has 0 heterocycles. The molecule has 0 bridgehead atoms. The lowest BCUT2D eigenvalue weighted by Crippen LogP contribution is -1.51. The standard InChI is InChI=1S/C2H4IO/c1-2-4-3/h2H,1H3. The Bertz CT molecular complexity index is 8.00. The van der Waals surface area contributed by atoms with Crippen LogP contribution in [-0.4, -0.2) is 0 Å². The third kappa shape index (κ3) is 2.69. The first-order valence-electron chi connectivity index (χ1n) is 0.967. The molecule has 1 radical (unpaired) electrons. The van der Waals surface area contributed by atoms with Crippen LogP contribution in [0.3, 0.4) is 0 Å². The Labute approximate surface area is 40.0 Å². The summed E-state index contributed by atoms with van der Waals surface area (Å²) in [6.45, 7) is 3.44. The first-order valence-corrected chi connectivity index (χ1v) is 1.85. The molecule has 0 aliphatic carbocycles. The van der Waals surface area contributed by atoms with Crippen LogP contribution in [0.4, 0.5) is 0 Å². The zero-order valence-electron chi connectivity index (χ0n) is 2.36. The Morgan fingerprint density at radius 2 is 2.25 bits per heavy atom. The average molecular weight is 171 g/mol. The van der Waals surface area contributed by atoms with E-state index in [1.165, 1.54) is 0 Å². The van der Waals surface area contributed by atoms with Crippen molar-refractivity contribution in [1.82, 2.24) is 0 Å². The van der Waals surface area contributed by atoms with Gasteiger partial charge in [-0.15, -0.1) is 0 Å². The van der Waals surface area contributed by atoms with Crippen molar-refractivity contribution in [3.63, 3.8) is 0 Å². The molecule has 0 aliphatic heterocycles. The summed E-state index contributed by atoms with van der Waals surface area (Å²) >= 11 is 1.80. The molecule has 2 heteroatoms. The lowest BCUT2D eigenvalue weighted by Gasteiger charge is -1.70. The Morgan fingerprint density at radius 3 is 2.25 bits per heavy atom. The first-order chi connectivity index (χ1) is 1.91. The van der Waals surface area contributed by atoms with Crippen LogP contribution < -0.4 is 0 Å². The lowest BCUT2D eigenvalue weighted by molar-refractivity contribution is 0.552. The third-order valence-corrected chi connectivity index (χ3v) is 0.598. The summed E-state index contributed by atoms with van der Waals surface area (Å²) in [6, 6.07) is 0. The zero-order valence-corrected chi connectivity index (χ0v) is 4.52. The van der Waals surface area contributed by atoms with Crippen molar-refractivity contribution in [2.24, 2.45) is 0 Å². The summed E-state index contributed by atoms with van der Waals surface area (Å²) < 4.78 is 4.39. The molecule has 0 aromatic carbocycles. The largest absolute Gasteiger partial charge is 0.310 e. The van der Waals surface area contributed by atoms with E-state index >= 15 is 0 Å². The van der Waals surface area contributed by atoms with Crippen molar-refractivity contribution in [3.05, 3.63) is 6.61 Å². The maximum absolute atomic E-state index is 4.39. The van der Waals surface area contributed by atoms with Gasteiger partial charge in [-0.1, -0.05) is 0 Å². The molecule has 1 nitrogen and oxygen atoms in total. The Morgan fingerprint density at radius 1 is 2.00 bits per heavy atom. The van der Waals surface area contributed by atoms with Crippen LogP contribution in [0.15, 0.2) is 0 Å². The van der Waals surface area contributed by atoms with E-state index in [1.807, 2.05) is 6.92 Å². The predicted molar refractivity (Wildman–Crippen MR) is 25.1 cm³/mol. The summed E-state index contributed by atoms with van der Waals surface area (Å²) in [5.41, 5.74) is 0. The van der Waals surface area contributed by atoms with E-state index in [0.717, 1.165) is 0 Å². The van der Waals surface area contributed by atoms with Crippen LogP contribution in [0.1, 0.15) is 6.92 Å². The maximum Gasteiger partial charge on any atom is 0.110 e. The number of hydrogen-bond donors (Lipinski definition) is 0. The van der Waals surface area contributed by atoms with E-state index in [4.69, 9.17) is 0 Å². The van der Waals surface area contributed by atoms with Gasteiger partial charge in [0.25, 0.3) is 0 Å². The van der Waals surface area contributed by atoms with Gasteiger partial charge >= 0.3 is 0 Å². The van der Waals surface area contributed by atoms with E-state index in [-0.39, 0.29) is 0 Å². The molecule has 4 heavy (non-hydrogen) atoms. The highest BCUT2D eigenvalue weighted by atomic mass is 127. The van der Waals surface area contributed by atoms with Gasteiger partial charge in [-0.3, -0.25) is 0 Å². The fourth-order valence-corrected chi connectivity index (χ4v) is 0. The molecule has 0 atom stereocenters. The summed E-state index contributed by atoms with van der Waals surface area (Å²) in [5, 5.41) is 0. The van der Waals surface area contributed by atoms with E-state index in [2.05, 4.69) is 3.07 Å². The summed E-state index contributed by atoms with van der Waals surface area (Å²) in [6.07, 6.45) is 0. The summed E-state index contributed by atoms with van der Waals surface area (Å²) in [4.78, 5) is 0. The predicted octanol–water partition coefficient (Wildman–Crippen LogP) is 1.53. The van der Waals surface area contributed by atoms with Crippen LogP contribution >= 0.6 is 23.0 Å². The molecule has 0 amide bonds. The molecule has 0 aromatic heterocycles. The van der Waals surface area contributed by atoms with Crippen molar-refractivity contribution in [2.45, 2.75) is 6.92 Å². The average Bonchev–Trinajstić information content (AvgIpc) is 1.37. The van der Waals surface area contributed by atoms with Gasteiger partial charge in [0.1, 0.15) is 23.0 Å². The fraction of sp³-hybridized carbons (Fsp3) is 0.500. The van der Waals surface area contributed by atoms with Gasteiger partial charge in [-0.05, 0) is 6.92 Å². The molecule has 0 aromatic rings. The normalized spacial score (nSPS) is 7.50. The van der Waals surface area contributed by atoms with Gasteiger partial charge in [0.15, 0.2) is 0 Å². The van der Waals surface area contributed by atoms with Crippen LogP contribution in [-0.2, 0) is 3.07 Å². The molecule has 0 aliphatic rings. The second kappa shape index (κ2) is 3.69. The zero-order chi connectivity index (χ0) is 3.41. The van der Waals surface area contributed by atoms with Gasteiger partial charge in [0.2, 0.25) is 0 Å². The second-order valence-corrected chi connectivity index (χ2v) is 0.833. The second-order valence-electron chi connectivity index (χ2n) is 0.325. The molecule has 0 fully saturated rings. The van der Waals surface area contributed by atoms with E-state index in [1.54, 1.807) is 29.6 Å². The molecule has 0 saturated carbocycles. The molecule has 0 N–H and O–H groups in total. The molecular formula is C2H4IO. The highest BCUT2D eigenvalue weighted by molar-refractivity contribution is 14.1. The van der Waals surface area contributed by atoms with Crippen molar-refractivity contribution in [2.75, 3.05) is 0 Å². The minimum Gasteiger partial charge on any atom is -0.310 e. The third-order valence-electron chi connectivity index (χ3n) is 0.0891. The maximum atomic E-state index is 4.39.